The molecular formula is C21H19O4PS. The van der Waals surface area contributed by atoms with E-state index in [1.165, 1.54) is 0 Å². The van der Waals surface area contributed by atoms with E-state index >= 15 is 0 Å². The summed E-state index contributed by atoms with van der Waals surface area (Å²) in [5.41, 5.74) is 1.32. The number of hydrogen-bond donors (Lipinski definition) is 2. The molecule has 0 fully saturated rings. The van der Waals surface area contributed by atoms with Crippen molar-refractivity contribution in [1.82, 2.24) is 0 Å². The van der Waals surface area contributed by atoms with E-state index in [9.17, 15) is 18.1 Å². The van der Waals surface area contributed by atoms with Crippen LogP contribution >= 0.6 is 7.92 Å². The Bertz CT molecular complexity index is 1000. The zero-order valence-electron chi connectivity index (χ0n) is 14.6. The first-order valence-electron chi connectivity index (χ1n) is 8.26. The van der Waals surface area contributed by atoms with Crippen LogP contribution in [0.3, 0.4) is 0 Å². The van der Waals surface area contributed by atoms with Crippen LogP contribution in [-0.2, 0) is 10.1 Å². The highest BCUT2D eigenvalue weighted by Gasteiger charge is 2.32. The second-order valence-electron chi connectivity index (χ2n) is 6.00. The van der Waals surface area contributed by atoms with Gasteiger partial charge in [0.25, 0.3) is 10.1 Å². The molecule has 0 spiro atoms. The van der Waals surface area contributed by atoms with E-state index in [2.05, 4.69) is 0 Å². The third-order valence-corrected chi connectivity index (χ3v) is 8.17. The van der Waals surface area contributed by atoms with E-state index in [-0.39, 0.29) is 4.65 Å². The topological polar surface area (TPSA) is 74.6 Å². The molecule has 6 heteroatoms. The second-order valence-corrected chi connectivity index (χ2v) is 9.81. The lowest BCUT2D eigenvalue weighted by Crippen LogP contribution is -2.18. The maximum absolute atomic E-state index is 12.4. The normalized spacial score (nSPS) is 12.7. The van der Waals surface area contributed by atoms with Crippen molar-refractivity contribution >= 4 is 34.4 Å². The van der Waals surface area contributed by atoms with E-state index in [0.29, 0.717) is 16.2 Å². The van der Waals surface area contributed by atoms with Crippen LogP contribution in [0.2, 0.25) is 0 Å². The molecule has 0 saturated carbocycles. The molecule has 0 aliphatic carbocycles. The first kappa shape index (κ1) is 19.3. The van der Waals surface area contributed by atoms with E-state index in [1.807, 2.05) is 19.1 Å². The zero-order chi connectivity index (χ0) is 19.4. The summed E-state index contributed by atoms with van der Waals surface area (Å²) < 4.78 is 34.4. The number of rotatable bonds is 5. The van der Waals surface area contributed by atoms with Crippen LogP contribution < -0.4 is 10.6 Å². The average Bonchev–Trinajstić information content (AvgIpc) is 2.66. The first-order valence-corrected chi connectivity index (χ1v) is 11.0. The quantitative estimate of drug-likeness (QED) is 0.384. The van der Waals surface area contributed by atoms with Gasteiger partial charge in [0.2, 0.25) is 0 Å². The molecule has 0 bridgehead atoms. The van der Waals surface area contributed by atoms with Crippen molar-refractivity contribution in [3.05, 3.63) is 101 Å². The predicted octanol–water partition coefficient (Wildman–Crippen LogP) is 4.20. The van der Waals surface area contributed by atoms with Gasteiger partial charge in [0.1, 0.15) is 10.4 Å². The van der Waals surface area contributed by atoms with Crippen molar-refractivity contribution < 1.29 is 18.1 Å². The lowest BCUT2D eigenvalue weighted by atomic mass is 10.1. The molecule has 0 aromatic heterocycles. The summed E-state index contributed by atoms with van der Waals surface area (Å²) in [5.74, 6) is -0.434. The minimum absolute atomic E-state index is 0.340. The van der Waals surface area contributed by atoms with Crippen LogP contribution in [0.5, 0.6) is 0 Å². The largest absolute Gasteiger partial charge is 0.506 e. The Morgan fingerprint density at radius 3 is 1.63 bits per heavy atom. The summed E-state index contributed by atoms with van der Waals surface area (Å²) in [7, 11) is -6.34. The molecule has 4 nitrogen and oxygen atoms in total. The van der Waals surface area contributed by atoms with Gasteiger partial charge in [-0.05, 0) is 17.5 Å². The standard InChI is InChI=1S/C21H19O4PS/c1-16-12-14-17(15-13-16)20(22)21(27(23,24)25)26(18-8-4-2-5-9-18)19-10-6-3-7-11-19/h2-15,22H,1H3,(H,23,24,25). The predicted molar refractivity (Wildman–Crippen MR) is 111 cm³/mol. The van der Waals surface area contributed by atoms with Crippen molar-refractivity contribution in [3.63, 3.8) is 0 Å². The lowest BCUT2D eigenvalue weighted by molar-refractivity contribution is 0.486. The fourth-order valence-electron chi connectivity index (χ4n) is 2.72. The van der Waals surface area contributed by atoms with Gasteiger partial charge in [-0.2, -0.15) is 8.42 Å². The molecule has 3 aromatic carbocycles. The van der Waals surface area contributed by atoms with Crippen LogP contribution in [0.4, 0.5) is 0 Å². The molecule has 3 rings (SSSR count). The Hall–Kier alpha value is -2.46. The monoisotopic (exact) mass is 398 g/mol. The Balaban J connectivity index is 2.30. The molecule has 3 aromatic rings. The van der Waals surface area contributed by atoms with Gasteiger partial charge in [0, 0.05) is 13.5 Å². The molecule has 138 valence electrons. The molecule has 0 aliphatic rings. The van der Waals surface area contributed by atoms with Crippen LogP contribution in [0, 0.1) is 6.92 Å². The minimum atomic E-state index is -4.66. The fourth-order valence-corrected chi connectivity index (χ4v) is 6.68. The number of aliphatic hydroxyl groups is 1. The van der Waals surface area contributed by atoms with E-state index in [1.54, 1.807) is 72.8 Å². The van der Waals surface area contributed by atoms with E-state index in [4.69, 9.17) is 0 Å². The maximum Gasteiger partial charge on any atom is 0.299 e. The third kappa shape index (κ3) is 4.45. The summed E-state index contributed by atoms with van der Waals surface area (Å²) >= 11 is 0. The van der Waals surface area contributed by atoms with Crippen molar-refractivity contribution in [2.24, 2.45) is 0 Å². The van der Waals surface area contributed by atoms with Crippen LogP contribution in [0.15, 0.2) is 89.6 Å². The molecule has 27 heavy (non-hydrogen) atoms. The van der Waals surface area contributed by atoms with E-state index in [0.717, 1.165) is 5.56 Å². The lowest BCUT2D eigenvalue weighted by Gasteiger charge is -2.21. The second kappa shape index (κ2) is 8.05. The van der Waals surface area contributed by atoms with Crippen molar-refractivity contribution in [3.8, 4) is 0 Å². The first-order chi connectivity index (χ1) is 12.9. The summed E-state index contributed by atoms with van der Waals surface area (Å²) in [5, 5.41) is 12.3. The Morgan fingerprint density at radius 2 is 1.22 bits per heavy atom. The fraction of sp³-hybridized carbons (Fsp3) is 0.0476. The average molecular weight is 398 g/mol. The smallest absolute Gasteiger partial charge is 0.299 e. The molecule has 0 amide bonds. The highest BCUT2D eigenvalue weighted by atomic mass is 32.2. The van der Waals surface area contributed by atoms with Gasteiger partial charge in [0.05, 0.1) is 0 Å². The number of aliphatic hydroxyl groups excluding tert-OH is 1. The molecular weight excluding hydrogens is 379 g/mol. The van der Waals surface area contributed by atoms with Gasteiger partial charge in [-0.3, -0.25) is 4.55 Å². The Kier molecular flexibility index (Phi) is 5.76. The zero-order valence-corrected chi connectivity index (χ0v) is 16.4. The van der Waals surface area contributed by atoms with Gasteiger partial charge in [-0.25, -0.2) is 0 Å². The van der Waals surface area contributed by atoms with Gasteiger partial charge in [0.15, 0.2) is 0 Å². The van der Waals surface area contributed by atoms with Crippen LogP contribution in [0.25, 0.3) is 5.76 Å². The third-order valence-electron chi connectivity index (χ3n) is 4.00. The Morgan fingerprint density at radius 1 is 0.778 bits per heavy atom. The molecule has 0 atom stereocenters. The molecule has 0 radical (unpaired) electrons. The minimum Gasteiger partial charge on any atom is -0.506 e. The molecule has 0 heterocycles. The number of hydrogen-bond acceptors (Lipinski definition) is 3. The summed E-state index contributed by atoms with van der Waals surface area (Å²) in [6, 6.07) is 24.9. The SMILES string of the molecule is Cc1ccc(C(O)=C(P(c2ccccc2)c2ccccc2)S(=O)(=O)O)cc1. The number of benzene rings is 3. The number of aryl methyl sites for hydroxylation is 1. The summed E-state index contributed by atoms with van der Waals surface area (Å²) in [4.78, 5) is 0. The van der Waals surface area contributed by atoms with Gasteiger partial charge in [-0.15, -0.1) is 0 Å². The maximum atomic E-state index is 12.4. The van der Waals surface area contributed by atoms with E-state index < -0.39 is 23.8 Å². The summed E-state index contributed by atoms with van der Waals surface area (Å²) in [6.45, 7) is 1.90. The van der Waals surface area contributed by atoms with Crippen molar-refractivity contribution in [2.75, 3.05) is 0 Å². The highest BCUT2D eigenvalue weighted by molar-refractivity contribution is 8.03. The van der Waals surface area contributed by atoms with Crippen LogP contribution in [0.1, 0.15) is 11.1 Å². The van der Waals surface area contributed by atoms with Gasteiger partial charge in [-0.1, -0.05) is 90.5 Å². The van der Waals surface area contributed by atoms with Gasteiger partial charge >= 0.3 is 0 Å². The highest BCUT2D eigenvalue weighted by Crippen LogP contribution is 2.48. The molecule has 0 unspecified atom stereocenters. The van der Waals surface area contributed by atoms with Gasteiger partial charge < -0.3 is 5.11 Å². The van der Waals surface area contributed by atoms with Crippen molar-refractivity contribution in [2.45, 2.75) is 6.92 Å². The molecule has 0 saturated heterocycles. The van der Waals surface area contributed by atoms with Crippen LogP contribution in [-0.4, -0.2) is 18.1 Å². The molecule has 0 aliphatic heterocycles. The molecule has 2 N–H and O–H groups in total. The summed E-state index contributed by atoms with van der Waals surface area (Å²) in [6.07, 6.45) is 0. The Labute approximate surface area is 160 Å². The van der Waals surface area contributed by atoms with Crippen molar-refractivity contribution in [1.29, 1.82) is 0 Å².